The highest BCUT2D eigenvalue weighted by molar-refractivity contribution is 5.71. The van der Waals surface area contributed by atoms with Crippen molar-refractivity contribution in [3.05, 3.63) is 30.0 Å². The molecule has 4 fully saturated rings. The maximum absolute atomic E-state index is 9.52. The Morgan fingerprint density at radius 1 is 1.37 bits per heavy atom. The molecule has 0 aromatic heterocycles. The molecule has 1 aromatic rings. The lowest BCUT2D eigenvalue weighted by Gasteiger charge is -2.48. The van der Waals surface area contributed by atoms with Gasteiger partial charge >= 0.3 is 0 Å². The fourth-order valence-electron chi connectivity index (χ4n) is 4.44. The molecule has 1 spiro atoms. The summed E-state index contributed by atoms with van der Waals surface area (Å²) >= 11 is 0. The zero-order valence-electron chi connectivity index (χ0n) is 17.7. The van der Waals surface area contributed by atoms with Gasteiger partial charge in [0.15, 0.2) is 6.29 Å². The molecule has 0 radical (unpaired) electrons. The van der Waals surface area contributed by atoms with E-state index in [1.165, 1.54) is 6.42 Å². The number of nitrogens with zero attached hydrogens (tertiary/aromatic N) is 1. The first-order chi connectivity index (χ1) is 14.5. The molecule has 5 rings (SSSR count). The lowest BCUT2D eigenvalue weighted by Crippen LogP contribution is -2.56. The van der Waals surface area contributed by atoms with Crippen LogP contribution in [0.15, 0.2) is 24.4 Å². The first-order valence-electron chi connectivity index (χ1n) is 11.1. The first kappa shape index (κ1) is 20.0. The van der Waals surface area contributed by atoms with Crippen molar-refractivity contribution in [2.24, 2.45) is 11.1 Å². The standard InChI is InChI=1S/C23H33N3O4/c1-22(14-27)12-26(13-22)16-3-6-18(20(9-16)29-17-4-5-17)19(24)10-25-11-21-28-15-23(30-21)7-2-8-23/h3,6,9-10,17,21,25,27H,2,4-5,7-8,11-15,24H2,1H3/b19-10-. The second kappa shape index (κ2) is 7.62. The molecule has 1 aromatic carbocycles. The van der Waals surface area contributed by atoms with Crippen LogP contribution >= 0.6 is 0 Å². The van der Waals surface area contributed by atoms with Crippen LogP contribution in [0, 0.1) is 5.41 Å². The summed E-state index contributed by atoms with van der Waals surface area (Å²) < 4.78 is 18.0. The summed E-state index contributed by atoms with van der Waals surface area (Å²) in [5.74, 6) is 0.824. The number of aliphatic hydroxyl groups excluding tert-OH is 1. The van der Waals surface area contributed by atoms with Gasteiger partial charge in [0.2, 0.25) is 0 Å². The van der Waals surface area contributed by atoms with Gasteiger partial charge in [0.1, 0.15) is 5.75 Å². The Bertz CT molecular complexity index is 813. The zero-order chi connectivity index (χ0) is 20.8. The number of rotatable bonds is 8. The molecule has 7 nitrogen and oxygen atoms in total. The highest BCUT2D eigenvalue weighted by Gasteiger charge is 2.45. The predicted molar refractivity (Wildman–Crippen MR) is 115 cm³/mol. The van der Waals surface area contributed by atoms with E-state index in [2.05, 4.69) is 29.3 Å². The van der Waals surface area contributed by atoms with Crippen LogP contribution in [0.4, 0.5) is 5.69 Å². The number of benzene rings is 1. The summed E-state index contributed by atoms with van der Waals surface area (Å²) in [5.41, 5.74) is 9.00. The van der Waals surface area contributed by atoms with Gasteiger partial charge in [-0.25, -0.2) is 0 Å². The summed E-state index contributed by atoms with van der Waals surface area (Å²) in [7, 11) is 0. The van der Waals surface area contributed by atoms with Crippen LogP contribution in [-0.2, 0) is 9.47 Å². The van der Waals surface area contributed by atoms with E-state index < -0.39 is 0 Å². The molecule has 4 N–H and O–H groups in total. The van der Waals surface area contributed by atoms with E-state index in [1.807, 2.05) is 12.3 Å². The van der Waals surface area contributed by atoms with Gasteiger partial charge in [-0.2, -0.15) is 0 Å². The fraction of sp³-hybridized carbons (Fsp3) is 0.652. The highest BCUT2D eigenvalue weighted by atomic mass is 16.7. The summed E-state index contributed by atoms with van der Waals surface area (Å²) in [6.45, 7) is 5.29. The fourth-order valence-corrected chi connectivity index (χ4v) is 4.44. The van der Waals surface area contributed by atoms with Crippen LogP contribution in [-0.4, -0.2) is 55.9 Å². The molecule has 7 heteroatoms. The molecule has 2 heterocycles. The molecule has 2 saturated heterocycles. The molecule has 4 aliphatic rings. The average molecular weight is 416 g/mol. The van der Waals surface area contributed by atoms with Crippen molar-refractivity contribution in [1.82, 2.24) is 5.32 Å². The third-order valence-electron chi connectivity index (χ3n) is 6.71. The molecule has 1 unspecified atom stereocenters. The Balaban J connectivity index is 1.23. The SMILES string of the molecule is CC1(CO)CN(c2ccc(/C(N)=C/NCC3OCC4(CCC4)O3)c(OC3CC3)c2)C1. The Labute approximate surface area is 178 Å². The van der Waals surface area contributed by atoms with Gasteiger partial charge in [0, 0.05) is 42.0 Å². The van der Waals surface area contributed by atoms with Crippen LogP contribution in [0.1, 0.15) is 44.6 Å². The van der Waals surface area contributed by atoms with Crippen molar-refractivity contribution in [3.63, 3.8) is 0 Å². The third kappa shape index (κ3) is 3.98. The summed E-state index contributed by atoms with van der Waals surface area (Å²) in [6.07, 6.45) is 7.51. The predicted octanol–water partition coefficient (Wildman–Crippen LogP) is 2.19. The van der Waals surface area contributed by atoms with Gasteiger partial charge in [-0.15, -0.1) is 0 Å². The van der Waals surface area contributed by atoms with Crippen LogP contribution in [0.3, 0.4) is 0 Å². The lowest BCUT2D eigenvalue weighted by atomic mass is 9.81. The van der Waals surface area contributed by atoms with E-state index >= 15 is 0 Å². The largest absolute Gasteiger partial charge is 0.490 e. The monoisotopic (exact) mass is 415 g/mol. The molecular formula is C23H33N3O4. The van der Waals surface area contributed by atoms with Crippen molar-refractivity contribution in [3.8, 4) is 5.75 Å². The lowest BCUT2D eigenvalue weighted by molar-refractivity contribution is -0.112. The third-order valence-corrected chi connectivity index (χ3v) is 6.71. The zero-order valence-corrected chi connectivity index (χ0v) is 17.7. The molecule has 30 heavy (non-hydrogen) atoms. The van der Waals surface area contributed by atoms with Crippen molar-refractivity contribution in [1.29, 1.82) is 0 Å². The molecule has 0 bridgehead atoms. The molecule has 164 valence electrons. The van der Waals surface area contributed by atoms with Gasteiger partial charge in [-0.3, -0.25) is 0 Å². The topological polar surface area (TPSA) is 89.2 Å². The van der Waals surface area contributed by atoms with Gasteiger partial charge in [-0.1, -0.05) is 6.92 Å². The van der Waals surface area contributed by atoms with Crippen molar-refractivity contribution < 1.29 is 19.3 Å². The smallest absolute Gasteiger partial charge is 0.175 e. The van der Waals surface area contributed by atoms with Crippen molar-refractivity contribution >= 4 is 11.4 Å². The second-order valence-corrected chi connectivity index (χ2v) is 9.73. The van der Waals surface area contributed by atoms with E-state index in [0.717, 1.165) is 55.8 Å². The maximum Gasteiger partial charge on any atom is 0.175 e. The van der Waals surface area contributed by atoms with E-state index in [0.29, 0.717) is 18.8 Å². The summed E-state index contributed by atoms with van der Waals surface area (Å²) in [5, 5.41) is 12.8. The van der Waals surface area contributed by atoms with Gasteiger partial charge in [0.25, 0.3) is 0 Å². The van der Waals surface area contributed by atoms with E-state index in [-0.39, 0.29) is 30.0 Å². The van der Waals surface area contributed by atoms with E-state index in [1.54, 1.807) is 0 Å². The molecule has 1 atom stereocenters. The van der Waals surface area contributed by atoms with Crippen molar-refractivity contribution in [2.45, 2.75) is 57.0 Å². The highest BCUT2D eigenvalue weighted by Crippen LogP contribution is 2.41. The summed E-state index contributed by atoms with van der Waals surface area (Å²) in [4.78, 5) is 2.27. The molecular weight excluding hydrogens is 382 g/mol. The van der Waals surface area contributed by atoms with Crippen LogP contribution < -0.4 is 20.7 Å². The Morgan fingerprint density at radius 2 is 2.17 bits per heavy atom. The average Bonchev–Trinajstić information content (AvgIpc) is 3.39. The van der Waals surface area contributed by atoms with Gasteiger partial charge in [0.05, 0.1) is 37.2 Å². The number of hydrogen-bond donors (Lipinski definition) is 3. The number of aliphatic hydroxyl groups is 1. The number of anilines is 1. The maximum atomic E-state index is 9.52. The van der Waals surface area contributed by atoms with Crippen LogP contribution in [0.2, 0.25) is 0 Å². The Kier molecular flexibility index (Phi) is 5.08. The minimum atomic E-state index is -0.217. The molecule has 0 amide bonds. The quantitative estimate of drug-likeness (QED) is 0.600. The first-order valence-corrected chi connectivity index (χ1v) is 11.1. The van der Waals surface area contributed by atoms with Crippen molar-refractivity contribution in [2.75, 3.05) is 37.7 Å². The van der Waals surface area contributed by atoms with Gasteiger partial charge < -0.3 is 35.3 Å². The van der Waals surface area contributed by atoms with Gasteiger partial charge in [-0.05, 0) is 44.2 Å². The van der Waals surface area contributed by atoms with E-state index in [9.17, 15) is 5.11 Å². The normalized spacial score (nSPS) is 26.9. The summed E-state index contributed by atoms with van der Waals surface area (Å²) in [6, 6.07) is 6.19. The molecule has 2 aliphatic heterocycles. The Hall–Kier alpha value is -1.96. The second-order valence-electron chi connectivity index (χ2n) is 9.73. The number of hydrogen-bond acceptors (Lipinski definition) is 7. The molecule has 2 saturated carbocycles. The van der Waals surface area contributed by atoms with E-state index in [4.69, 9.17) is 19.9 Å². The van der Waals surface area contributed by atoms with Crippen LogP contribution in [0.25, 0.3) is 5.70 Å². The number of nitrogens with two attached hydrogens (primary N) is 1. The minimum absolute atomic E-state index is 0.0124. The number of nitrogens with one attached hydrogen (secondary N) is 1. The van der Waals surface area contributed by atoms with Crippen LogP contribution in [0.5, 0.6) is 5.75 Å². The minimum Gasteiger partial charge on any atom is -0.490 e. The molecule has 2 aliphatic carbocycles. The number of ether oxygens (including phenoxy) is 3. The Morgan fingerprint density at radius 3 is 2.80 bits per heavy atom.